The van der Waals surface area contributed by atoms with E-state index in [1.165, 1.54) is 25.5 Å². The van der Waals surface area contributed by atoms with E-state index >= 15 is 0 Å². The van der Waals surface area contributed by atoms with Crippen LogP contribution in [0.1, 0.15) is 55.4 Å². The third-order valence-electron chi connectivity index (χ3n) is 5.13. The molecule has 0 saturated carbocycles. The predicted octanol–water partition coefficient (Wildman–Crippen LogP) is 3.32. The highest BCUT2D eigenvalue weighted by molar-refractivity contribution is 6.04. The van der Waals surface area contributed by atoms with Gasteiger partial charge >= 0.3 is 6.09 Å². The topological polar surface area (TPSA) is 77.8 Å². The average Bonchev–Trinajstić information content (AvgIpc) is 2.95. The number of rotatable bonds is 3. The minimum Gasteiger partial charge on any atom is -0.496 e. The number of carbonyl (C=O) groups is 3. The number of fused-ring (bicyclic) bond motifs is 3. The second-order valence-electron chi connectivity index (χ2n) is 6.66. The van der Waals surface area contributed by atoms with Crippen LogP contribution in [-0.4, -0.2) is 47.5 Å². The van der Waals surface area contributed by atoms with Gasteiger partial charge in [0, 0.05) is 18.9 Å². The molecule has 0 aliphatic carbocycles. The molecule has 1 atom stereocenters. The fourth-order valence-electron chi connectivity index (χ4n) is 3.93. The first-order valence-electron chi connectivity index (χ1n) is 9.02. The maximum absolute atomic E-state index is 12.8. The van der Waals surface area contributed by atoms with Gasteiger partial charge in [0.1, 0.15) is 5.75 Å². The lowest BCUT2D eigenvalue weighted by atomic mass is 9.97. The molecule has 0 saturated heterocycles. The Morgan fingerprint density at radius 3 is 2.48 bits per heavy atom. The molecule has 7 heteroatoms. The van der Waals surface area contributed by atoms with Crippen LogP contribution in [0.5, 0.6) is 5.75 Å². The van der Waals surface area contributed by atoms with Crippen molar-refractivity contribution in [3.8, 4) is 5.75 Å². The molecular weight excluding hydrogens is 348 g/mol. The molecule has 3 rings (SSSR count). The first kappa shape index (κ1) is 18.9. The summed E-state index contributed by atoms with van der Waals surface area (Å²) >= 11 is 0. The summed E-state index contributed by atoms with van der Waals surface area (Å²) in [5.74, 6) is 0.276. The summed E-state index contributed by atoms with van der Waals surface area (Å²) in [6.45, 7) is 7.43. The van der Waals surface area contributed by atoms with Gasteiger partial charge in [-0.15, -0.1) is 0 Å². The molecule has 1 aromatic heterocycles. The second-order valence-corrected chi connectivity index (χ2v) is 6.66. The summed E-state index contributed by atoms with van der Waals surface area (Å²) in [6.07, 6.45) is 0.103. The Kier molecular flexibility index (Phi) is 4.95. The van der Waals surface area contributed by atoms with Crippen LogP contribution in [0, 0.1) is 0 Å². The number of amides is 1. The molecule has 0 fully saturated rings. The number of nitrogens with zero attached hydrogens (tertiary/aromatic N) is 2. The molecule has 1 unspecified atom stereocenters. The third-order valence-corrected chi connectivity index (χ3v) is 5.13. The van der Waals surface area contributed by atoms with Crippen LogP contribution >= 0.6 is 0 Å². The van der Waals surface area contributed by atoms with E-state index in [2.05, 4.69) is 0 Å². The van der Waals surface area contributed by atoms with Gasteiger partial charge in [0.05, 0.1) is 36.5 Å². The van der Waals surface area contributed by atoms with Gasteiger partial charge in [0.25, 0.3) is 0 Å². The Balaban J connectivity index is 2.36. The van der Waals surface area contributed by atoms with Gasteiger partial charge in [-0.05, 0) is 44.9 Å². The summed E-state index contributed by atoms with van der Waals surface area (Å²) in [7, 11) is 1.52. The Morgan fingerprint density at radius 2 is 1.93 bits per heavy atom. The zero-order chi connectivity index (χ0) is 19.9. The van der Waals surface area contributed by atoms with E-state index in [1.807, 2.05) is 6.92 Å². The maximum atomic E-state index is 12.8. The van der Waals surface area contributed by atoms with E-state index < -0.39 is 6.09 Å². The SMILES string of the molecule is CCOC(=O)n1c2c(c3cc(OC)c(C(C)=O)cc31)CCN(C(C)=O)C2C. The highest BCUT2D eigenvalue weighted by atomic mass is 16.5. The van der Waals surface area contributed by atoms with Gasteiger partial charge in [-0.3, -0.25) is 9.59 Å². The average molecular weight is 372 g/mol. The normalized spacial score (nSPS) is 16.2. The van der Waals surface area contributed by atoms with Crippen LogP contribution in [0.15, 0.2) is 12.1 Å². The molecule has 1 aromatic carbocycles. The fraction of sp³-hybridized carbons (Fsp3) is 0.450. The zero-order valence-corrected chi connectivity index (χ0v) is 16.3. The first-order valence-corrected chi connectivity index (χ1v) is 9.02. The monoisotopic (exact) mass is 372 g/mol. The molecule has 1 aliphatic heterocycles. The number of ketones is 1. The highest BCUT2D eigenvalue weighted by Crippen LogP contribution is 2.39. The summed E-state index contributed by atoms with van der Waals surface area (Å²) in [5.41, 5.74) is 2.72. The van der Waals surface area contributed by atoms with Gasteiger partial charge in [0.2, 0.25) is 5.91 Å². The van der Waals surface area contributed by atoms with Crippen molar-refractivity contribution in [2.24, 2.45) is 0 Å². The molecule has 0 radical (unpaired) electrons. The fourth-order valence-corrected chi connectivity index (χ4v) is 3.93. The van der Waals surface area contributed by atoms with Crippen molar-refractivity contribution in [3.63, 3.8) is 0 Å². The van der Waals surface area contributed by atoms with E-state index in [0.717, 1.165) is 16.6 Å². The van der Waals surface area contributed by atoms with Crippen molar-refractivity contribution in [2.75, 3.05) is 20.3 Å². The van der Waals surface area contributed by atoms with Crippen LogP contribution in [0.4, 0.5) is 4.79 Å². The van der Waals surface area contributed by atoms with Crippen molar-refractivity contribution >= 4 is 28.7 Å². The smallest absolute Gasteiger partial charge is 0.418 e. The molecule has 1 amide bonds. The zero-order valence-electron chi connectivity index (χ0n) is 16.3. The number of benzene rings is 1. The van der Waals surface area contributed by atoms with Crippen LogP contribution in [0.3, 0.4) is 0 Å². The Bertz CT molecular complexity index is 944. The Morgan fingerprint density at radius 1 is 1.22 bits per heavy atom. The number of methoxy groups -OCH3 is 1. The molecule has 0 N–H and O–H groups in total. The maximum Gasteiger partial charge on any atom is 0.418 e. The minimum atomic E-state index is -0.513. The van der Waals surface area contributed by atoms with Crippen molar-refractivity contribution in [3.05, 3.63) is 29.0 Å². The standard InChI is InChI=1S/C20H24N2O5/c1-6-27-20(25)22-17-9-15(12(3)23)18(26-5)10-16(17)14-7-8-21(13(4)24)11(2)19(14)22/h9-11H,6-8H2,1-5H3. The number of aromatic nitrogens is 1. The molecule has 1 aliphatic rings. The molecule has 144 valence electrons. The number of hydrogen-bond donors (Lipinski definition) is 0. The van der Waals surface area contributed by atoms with Crippen LogP contribution in [0.25, 0.3) is 10.9 Å². The van der Waals surface area contributed by atoms with Crippen molar-refractivity contribution in [1.82, 2.24) is 9.47 Å². The van der Waals surface area contributed by atoms with Crippen molar-refractivity contribution < 1.29 is 23.9 Å². The molecule has 0 spiro atoms. The number of hydrogen-bond acceptors (Lipinski definition) is 5. The van der Waals surface area contributed by atoms with Gasteiger partial charge in [-0.2, -0.15) is 0 Å². The number of carbonyl (C=O) groups excluding carboxylic acids is 3. The van der Waals surface area contributed by atoms with Gasteiger partial charge in [-0.1, -0.05) is 0 Å². The Labute approximate surface area is 157 Å². The van der Waals surface area contributed by atoms with Crippen molar-refractivity contribution in [1.29, 1.82) is 0 Å². The first-order chi connectivity index (χ1) is 12.8. The third kappa shape index (κ3) is 2.97. The quantitative estimate of drug-likeness (QED) is 0.773. The van der Waals surface area contributed by atoms with Gasteiger partial charge in [-0.25, -0.2) is 9.36 Å². The number of Topliss-reactive ketones (excluding diaryl/α,β-unsaturated/α-hetero) is 1. The van der Waals surface area contributed by atoms with Crippen molar-refractivity contribution in [2.45, 2.75) is 40.2 Å². The summed E-state index contributed by atoms with van der Waals surface area (Å²) < 4.78 is 12.2. The van der Waals surface area contributed by atoms with Crippen LogP contribution in [-0.2, 0) is 16.0 Å². The van der Waals surface area contributed by atoms with Crippen LogP contribution < -0.4 is 4.74 Å². The lowest BCUT2D eigenvalue weighted by molar-refractivity contribution is -0.131. The number of ether oxygens (including phenoxy) is 2. The molecule has 27 heavy (non-hydrogen) atoms. The molecule has 7 nitrogen and oxygen atoms in total. The Hall–Kier alpha value is -2.83. The molecular formula is C20H24N2O5. The molecule has 2 heterocycles. The summed E-state index contributed by atoms with van der Waals surface area (Å²) in [5, 5.41) is 0.843. The largest absolute Gasteiger partial charge is 0.496 e. The van der Waals surface area contributed by atoms with E-state index in [4.69, 9.17) is 9.47 Å². The lowest BCUT2D eigenvalue weighted by Gasteiger charge is -2.33. The molecule has 0 bridgehead atoms. The van der Waals surface area contributed by atoms with E-state index in [9.17, 15) is 14.4 Å². The minimum absolute atomic E-state index is 0.0455. The highest BCUT2D eigenvalue weighted by Gasteiger charge is 2.34. The lowest BCUT2D eigenvalue weighted by Crippen LogP contribution is -2.38. The van der Waals surface area contributed by atoms with Gasteiger partial charge < -0.3 is 14.4 Å². The summed E-state index contributed by atoms with van der Waals surface area (Å²) in [6, 6.07) is 3.20. The van der Waals surface area contributed by atoms with E-state index in [1.54, 1.807) is 24.0 Å². The van der Waals surface area contributed by atoms with Gasteiger partial charge in [0.15, 0.2) is 5.78 Å². The molecule has 2 aromatic rings. The second kappa shape index (κ2) is 7.06. The van der Waals surface area contributed by atoms with Crippen LogP contribution in [0.2, 0.25) is 0 Å². The summed E-state index contributed by atoms with van der Waals surface area (Å²) in [4.78, 5) is 38.6. The predicted molar refractivity (Wildman–Crippen MR) is 100 cm³/mol. The van der Waals surface area contributed by atoms with E-state index in [-0.39, 0.29) is 24.3 Å². The van der Waals surface area contributed by atoms with E-state index in [0.29, 0.717) is 29.8 Å².